The van der Waals surface area contributed by atoms with Crippen LogP contribution < -0.4 is 9.47 Å². The Hall–Kier alpha value is -2.70. The van der Waals surface area contributed by atoms with E-state index in [0.29, 0.717) is 12.1 Å². The number of alkyl halides is 3. The molecule has 3 rings (SSSR count). The summed E-state index contributed by atoms with van der Waals surface area (Å²) in [6.45, 7) is -4.05. The summed E-state index contributed by atoms with van der Waals surface area (Å²) in [5.41, 5.74) is -2.85. The van der Waals surface area contributed by atoms with Gasteiger partial charge >= 0.3 is 6.18 Å². The molecule has 2 N–H and O–H groups in total. The van der Waals surface area contributed by atoms with E-state index in [1.54, 1.807) is 0 Å². The van der Waals surface area contributed by atoms with Gasteiger partial charge in [-0.3, -0.25) is 0 Å². The summed E-state index contributed by atoms with van der Waals surface area (Å²) in [6.07, 6.45) is -5.24. The average Bonchev–Trinajstić information content (AvgIpc) is 3.10. The number of aromatic nitrogens is 1. The molecule has 1 unspecified atom stereocenters. The summed E-state index contributed by atoms with van der Waals surface area (Å²) in [4.78, 5) is 3.72. The van der Waals surface area contributed by atoms with Crippen molar-refractivity contribution >= 4 is 21.6 Å². The second kappa shape index (κ2) is 9.51. The standard InChI is InChI=1S/C19H16ClF4N3O6S/c20-12-1-2-17(26-6-12)34(30,31)27-7-16(18(29,8-27)9-28)33-15-4-13(21)11(5-25)3-14(15)32-10-19(22,23)24/h1-4,6,16,28-29H,7-10H2/t16?,18-/m1/s1. The minimum atomic E-state index is -4.77. The van der Waals surface area contributed by atoms with Gasteiger partial charge in [-0.1, -0.05) is 11.6 Å². The number of pyridine rings is 1. The van der Waals surface area contributed by atoms with E-state index in [1.165, 1.54) is 12.1 Å². The van der Waals surface area contributed by atoms with Crippen molar-refractivity contribution in [2.24, 2.45) is 0 Å². The van der Waals surface area contributed by atoms with Crippen LogP contribution in [0.5, 0.6) is 11.5 Å². The topological polar surface area (TPSA) is 133 Å². The predicted octanol–water partition coefficient (Wildman–Crippen LogP) is 1.86. The van der Waals surface area contributed by atoms with Gasteiger partial charge in [-0.2, -0.15) is 22.7 Å². The van der Waals surface area contributed by atoms with Gasteiger partial charge in [0.2, 0.25) is 0 Å². The van der Waals surface area contributed by atoms with Crippen molar-refractivity contribution in [1.82, 2.24) is 9.29 Å². The number of sulfonamides is 1. The first-order chi connectivity index (χ1) is 15.8. The molecule has 184 valence electrons. The van der Waals surface area contributed by atoms with E-state index in [9.17, 15) is 36.2 Å². The van der Waals surface area contributed by atoms with E-state index < -0.39 is 82.1 Å². The summed E-state index contributed by atoms with van der Waals surface area (Å²) >= 11 is 5.71. The second-order valence-electron chi connectivity index (χ2n) is 7.27. The van der Waals surface area contributed by atoms with E-state index in [4.69, 9.17) is 21.6 Å². The van der Waals surface area contributed by atoms with Crippen LogP contribution in [0.3, 0.4) is 0 Å². The Morgan fingerprint density at radius 3 is 2.59 bits per heavy atom. The van der Waals surface area contributed by atoms with E-state index in [1.807, 2.05) is 0 Å². The molecule has 1 aromatic carbocycles. The van der Waals surface area contributed by atoms with Crippen LogP contribution in [0.15, 0.2) is 35.5 Å². The van der Waals surface area contributed by atoms with E-state index in [-0.39, 0.29) is 5.02 Å². The molecule has 1 fully saturated rings. The Labute approximate surface area is 195 Å². The number of aliphatic hydroxyl groups is 2. The molecule has 1 aliphatic heterocycles. The van der Waals surface area contributed by atoms with Crippen molar-refractivity contribution in [3.63, 3.8) is 0 Å². The van der Waals surface area contributed by atoms with Crippen molar-refractivity contribution in [3.05, 3.63) is 46.9 Å². The van der Waals surface area contributed by atoms with Gasteiger partial charge in [0, 0.05) is 24.9 Å². The summed E-state index contributed by atoms with van der Waals surface area (Å²) < 4.78 is 88.6. The molecular formula is C19H16ClF4N3O6S. The molecule has 0 aliphatic carbocycles. The number of β-amino-alcohol motifs (C(OH)–C–C–N with tert-alkyl or cyclic N) is 1. The van der Waals surface area contributed by atoms with Gasteiger partial charge in [-0.05, 0) is 12.1 Å². The highest BCUT2D eigenvalue weighted by molar-refractivity contribution is 7.89. The SMILES string of the molecule is N#Cc1cc(OCC(F)(F)F)c(OC2CN(S(=O)(=O)c3ccc(Cl)cn3)C[C@@]2(O)CO)cc1F. The van der Waals surface area contributed by atoms with Gasteiger partial charge in [-0.15, -0.1) is 0 Å². The molecule has 15 heteroatoms. The molecule has 9 nitrogen and oxygen atoms in total. The van der Waals surface area contributed by atoms with E-state index >= 15 is 0 Å². The summed E-state index contributed by atoms with van der Waals surface area (Å²) in [7, 11) is -4.31. The zero-order valence-electron chi connectivity index (χ0n) is 17.0. The van der Waals surface area contributed by atoms with Gasteiger partial charge in [-0.25, -0.2) is 17.8 Å². The number of nitriles is 1. The van der Waals surface area contributed by atoms with Crippen LogP contribution in [-0.4, -0.2) is 72.1 Å². The number of benzene rings is 1. The monoisotopic (exact) mass is 525 g/mol. The number of hydrogen-bond acceptors (Lipinski definition) is 8. The molecule has 0 radical (unpaired) electrons. The van der Waals surface area contributed by atoms with E-state index in [0.717, 1.165) is 16.6 Å². The third-order valence-electron chi connectivity index (χ3n) is 4.81. The third-order valence-corrected chi connectivity index (χ3v) is 6.76. The van der Waals surface area contributed by atoms with Crippen LogP contribution in [0.2, 0.25) is 5.02 Å². The van der Waals surface area contributed by atoms with Crippen LogP contribution in [0.1, 0.15) is 5.56 Å². The summed E-state index contributed by atoms with van der Waals surface area (Å²) in [5, 5.41) is 29.2. The van der Waals surface area contributed by atoms with Crippen molar-refractivity contribution in [3.8, 4) is 17.6 Å². The Bertz CT molecular complexity index is 1210. The van der Waals surface area contributed by atoms with Crippen molar-refractivity contribution in [2.45, 2.75) is 22.9 Å². The molecule has 0 saturated carbocycles. The maximum atomic E-state index is 14.2. The van der Waals surface area contributed by atoms with Crippen molar-refractivity contribution in [1.29, 1.82) is 5.26 Å². The third kappa shape index (κ3) is 5.50. The summed E-state index contributed by atoms with van der Waals surface area (Å²) in [5.74, 6) is -2.46. The number of halogens is 5. The zero-order valence-corrected chi connectivity index (χ0v) is 18.5. The second-order valence-corrected chi connectivity index (χ2v) is 9.60. The van der Waals surface area contributed by atoms with Gasteiger partial charge in [0.05, 0.1) is 23.7 Å². The van der Waals surface area contributed by atoms with Gasteiger partial charge < -0.3 is 19.7 Å². The van der Waals surface area contributed by atoms with E-state index in [2.05, 4.69) is 9.72 Å². The van der Waals surface area contributed by atoms with Crippen LogP contribution in [0, 0.1) is 17.1 Å². The Balaban J connectivity index is 1.93. The fourth-order valence-electron chi connectivity index (χ4n) is 3.09. The lowest BCUT2D eigenvalue weighted by molar-refractivity contribution is -0.153. The maximum absolute atomic E-state index is 14.2. The van der Waals surface area contributed by atoms with Crippen molar-refractivity contribution in [2.75, 3.05) is 26.3 Å². The molecule has 0 amide bonds. The summed E-state index contributed by atoms with van der Waals surface area (Å²) in [6, 6.07) is 5.08. The minimum absolute atomic E-state index is 0.169. The zero-order chi connectivity index (χ0) is 25.3. The highest BCUT2D eigenvalue weighted by Crippen LogP contribution is 2.36. The molecule has 34 heavy (non-hydrogen) atoms. The first-order valence-corrected chi connectivity index (χ1v) is 11.2. The predicted molar refractivity (Wildman–Crippen MR) is 107 cm³/mol. The highest BCUT2D eigenvalue weighted by Gasteiger charge is 2.51. The highest BCUT2D eigenvalue weighted by atomic mass is 35.5. The number of aliphatic hydroxyl groups excluding tert-OH is 1. The number of rotatable bonds is 7. The average molecular weight is 526 g/mol. The number of hydrogen-bond donors (Lipinski definition) is 2. The number of ether oxygens (including phenoxy) is 2. The van der Waals surface area contributed by atoms with Crippen LogP contribution in [0.4, 0.5) is 17.6 Å². The van der Waals surface area contributed by atoms with Gasteiger partial charge in [0.1, 0.15) is 23.6 Å². The maximum Gasteiger partial charge on any atom is 0.422 e. The normalized spacial score (nSPS) is 21.3. The van der Waals surface area contributed by atoms with Gasteiger partial charge in [0.25, 0.3) is 10.0 Å². The lowest BCUT2D eigenvalue weighted by Gasteiger charge is -2.28. The molecule has 1 saturated heterocycles. The Morgan fingerprint density at radius 1 is 1.32 bits per heavy atom. The molecular weight excluding hydrogens is 510 g/mol. The van der Waals surface area contributed by atoms with Crippen molar-refractivity contribution < 1.29 is 45.7 Å². The number of nitrogens with zero attached hydrogens (tertiary/aromatic N) is 3. The minimum Gasteiger partial charge on any atom is -0.482 e. The largest absolute Gasteiger partial charge is 0.482 e. The molecule has 1 aromatic heterocycles. The first-order valence-electron chi connectivity index (χ1n) is 9.34. The molecule has 0 spiro atoms. The fraction of sp³-hybridized carbons (Fsp3) is 0.368. The van der Waals surface area contributed by atoms with Gasteiger partial charge in [0.15, 0.2) is 23.1 Å². The molecule has 1 aliphatic rings. The van der Waals surface area contributed by atoms with Crippen LogP contribution in [-0.2, 0) is 10.0 Å². The smallest absolute Gasteiger partial charge is 0.422 e. The molecule has 2 heterocycles. The van der Waals surface area contributed by atoms with Crippen LogP contribution in [0.25, 0.3) is 0 Å². The first kappa shape index (κ1) is 25.9. The lowest BCUT2D eigenvalue weighted by Crippen LogP contribution is -2.48. The quantitative estimate of drug-likeness (QED) is 0.523. The Kier molecular flexibility index (Phi) is 7.25. The molecule has 2 aromatic rings. The lowest BCUT2D eigenvalue weighted by atomic mass is 10.0. The molecule has 2 atom stereocenters. The fourth-order valence-corrected chi connectivity index (χ4v) is 4.62. The van der Waals surface area contributed by atoms with Crippen LogP contribution >= 0.6 is 11.6 Å². The molecule has 0 bridgehead atoms. The Morgan fingerprint density at radius 2 is 2.03 bits per heavy atom.